The Labute approximate surface area is 115 Å². The highest BCUT2D eigenvalue weighted by Crippen LogP contribution is 2.18. The first-order chi connectivity index (χ1) is 9.35. The molecule has 0 aliphatic rings. The lowest BCUT2D eigenvalue weighted by atomic mass is 10.1. The number of rotatable bonds is 8. The maximum atomic E-state index is 5.03. The van der Waals surface area contributed by atoms with Crippen LogP contribution in [0.3, 0.4) is 0 Å². The van der Waals surface area contributed by atoms with Gasteiger partial charge in [0.2, 0.25) is 0 Å². The van der Waals surface area contributed by atoms with Gasteiger partial charge in [-0.05, 0) is 29.5 Å². The lowest BCUT2D eigenvalue weighted by Crippen LogP contribution is -2.18. The molecular formula is C16H24N2O. The van der Waals surface area contributed by atoms with Crippen LogP contribution in [0.25, 0.3) is 10.9 Å². The van der Waals surface area contributed by atoms with Crippen LogP contribution in [0, 0.1) is 0 Å². The van der Waals surface area contributed by atoms with Crippen LogP contribution >= 0.6 is 0 Å². The molecule has 2 rings (SSSR count). The Kier molecular flexibility index (Phi) is 5.43. The minimum atomic E-state index is 0.759. The molecule has 1 aromatic carbocycles. The van der Waals surface area contributed by atoms with Crippen LogP contribution in [0.2, 0.25) is 0 Å². The molecule has 0 bridgehead atoms. The van der Waals surface area contributed by atoms with Gasteiger partial charge in [0.15, 0.2) is 0 Å². The Bertz CT molecular complexity index is 504. The van der Waals surface area contributed by atoms with Crippen molar-refractivity contribution in [2.45, 2.75) is 32.9 Å². The molecule has 0 saturated heterocycles. The smallest absolute Gasteiger partial charge is 0.0587 e. The summed E-state index contributed by atoms with van der Waals surface area (Å²) in [5, 5.41) is 4.72. The van der Waals surface area contributed by atoms with E-state index >= 15 is 0 Å². The molecule has 1 N–H and O–H groups in total. The molecule has 0 saturated carbocycles. The van der Waals surface area contributed by atoms with Gasteiger partial charge in [-0.2, -0.15) is 0 Å². The van der Waals surface area contributed by atoms with Gasteiger partial charge in [-0.3, -0.25) is 0 Å². The fourth-order valence-corrected chi connectivity index (χ4v) is 2.27. The third-order valence-corrected chi connectivity index (χ3v) is 3.40. The first-order valence-electron chi connectivity index (χ1n) is 7.12. The Morgan fingerprint density at radius 2 is 2.16 bits per heavy atom. The third kappa shape index (κ3) is 3.82. The number of fused-ring (bicyclic) bond motifs is 1. The number of aromatic nitrogens is 1. The zero-order valence-electron chi connectivity index (χ0n) is 12.0. The first kappa shape index (κ1) is 14.1. The Morgan fingerprint density at radius 1 is 1.26 bits per heavy atom. The molecular weight excluding hydrogens is 236 g/mol. The standard InChI is InChI=1S/C16H24N2O/c1-3-4-9-18-10-7-15-6-5-14(12-16(15)18)13-17-8-11-19-2/h5-7,10,12,17H,3-4,8-9,11,13H2,1-2H3. The summed E-state index contributed by atoms with van der Waals surface area (Å²) < 4.78 is 7.39. The molecule has 3 nitrogen and oxygen atoms in total. The van der Waals surface area contributed by atoms with E-state index in [0.29, 0.717) is 0 Å². The van der Waals surface area contributed by atoms with Gasteiger partial charge >= 0.3 is 0 Å². The number of nitrogens with zero attached hydrogens (tertiary/aromatic N) is 1. The van der Waals surface area contributed by atoms with Crippen molar-refractivity contribution in [1.82, 2.24) is 9.88 Å². The molecule has 0 fully saturated rings. The highest BCUT2D eigenvalue weighted by molar-refractivity contribution is 5.80. The lowest BCUT2D eigenvalue weighted by molar-refractivity contribution is 0.199. The van der Waals surface area contributed by atoms with E-state index in [1.165, 1.54) is 29.3 Å². The summed E-state index contributed by atoms with van der Waals surface area (Å²) in [6, 6.07) is 8.91. The van der Waals surface area contributed by atoms with Gasteiger partial charge in [0.1, 0.15) is 0 Å². The second kappa shape index (κ2) is 7.31. The molecule has 19 heavy (non-hydrogen) atoms. The number of hydrogen-bond acceptors (Lipinski definition) is 2. The summed E-state index contributed by atoms with van der Waals surface area (Å²) in [6.07, 6.45) is 4.67. The molecule has 0 spiro atoms. The van der Waals surface area contributed by atoms with Crippen molar-refractivity contribution in [3.8, 4) is 0 Å². The second-order valence-corrected chi connectivity index (χ2v) is 4.93. The summed E-state index contributed by atoms with van der Waals surface area (Å²) in [5.41, 5.74) is 2.68. The van der Waals surface area contributed by atoms with Gasteiger partial charge in [-0.1, -0.05) is 25.5 Å². The Balaban J connectivity index is 2.05. The number of hydrogen-bond donors (Lipinski definition) is 1. The fourth-order valence-electron chi connectivity index (χ4n) is 2.27. The van der Waals surface area contributed by atoms with E-state index in [0.717, 1.165) is 26.2 Å². The van der Waals surface area contributed by atoms with Gasteiger partial charge in [0.25, 0.3) is 0 Å². The Hall–Kier alpha value is -1.32. The highest BCUT2D eigenvalue weighted by atomic mass is 16.5. The average molecular weight is 260 g/mol. The minimum Gasteiger partial charge on any atom is -0.383 e. The van der Waals surface area contributed by atoms with Crippen LogP contribution in [0.5, 0.6) is 0 Å². The quantitative estimate of drug-likeness (QED) is 0.738. The van der Waals surface area contributed by atoms with E-state index in [1.54, 1.807) is 7.11 Å². The minimum absolute atomic E-state index is 0.759. The van der Waals surface area contributed by atoms with Crippen molar-refractivity contribution in [1.29, 1.82) is 0 Å². The molecule has 104 valence electrons. The second-order valence-electron chi connectivity index (χ2n) is 4.93. The predicted molar refractivity (Wildman–Crippen MR) is 80.4 cm³/mol. The van der Waals surface area contributed by atoms with Crippen molar-refractivity contribution in [3.05, 3.63) is 36.0 Å². The number of nitrogens with one attached hydrogen (secondary N) is 1. The normalized spacial score (nSPS) is 11.3. The lowest BCUT2D eigenvalue weighted by Gasteiger charge is -2.07. The van der Waals surface area contributed by atoms with Crippen LogP contribution in [0.1, 0.15) is 25.3 Å². The van der Waals surface area contributed by atoms with Crippen LogP contribution in [0.15, 0.2) is 30.5 Å². The topological polar surface area (TPSA) is 26.2 Å². The molecule has 1 aromatic heterocycles. The number of aryl methyl sites for hydroxylation is 1. The predicted octanol–water partition coefficient (Wildman–Crippen LogP) is 3.18. The molecule has 0 aliphatic carbocycles. The molecule has 0 aliphatic heterocycles. The van der Waals surface area contributed by atoms with Crippen molar-refractivity contribution in [3.63, 3.8) is 0 Å². The van der Waals surface area contributed by atoms with Crippen LogP contribution in [0.4, 0.5) is 0 Å². The van der Waals surface area contributed by atoms with E-state index in [4.69, 9.17) is 4.74 Å². The van der Waals surface area contributed by atoms with Gasteiger partial charge in [0.05, 0.1) is 6.61 Å². The number of ether oxygens (including phenoxy) is 1. The maximum Gasteiger partial charge on any atom is 0.0587 e. The van der Waals surface area contributed by atoms with Gasteiger partial charge in [-0.25, -0.2) is 0 Å². The summed E-state index contributed by atoms with van der Waals surface area (Å²) in [4.78, 5) is 0. The van der Waals surface area contributed by atoms with E-state index in [2.05, 4.69) is 47.3 Å². The SMILES string of the molecule is CCCCn1ccc2ccc(CNCCOC)cc21. The monoisotopic (exact) mass is 260 g/mol. The third-order valence-electron chi connectivity index (χ3n) is 3.40. The highest BCUT2D eigenvalue weighted by Gasteiger charge is 2.02. The van der Waals surface area contributed by atoms with Crippen molar-refractivity contribution >= 4 is 10.9 Å². The molecule has 0 unspecified atom stereocenters. The average Bonchev–Trinajstić information content (AvgIpc) is 2.84. The van der Waals surface area contributed by atoms with Crippen LogP contribution < -0.4 is 5.32 Å². The number of benzene rings is 1. The first-order valence-corrected chi connectivity index (χ1v) is 7.12. The molecule has 3 heteroatoms. The summed E-state index contributed by atoms with van der Waals surface area (Å²) >= 11 is 0. The van der Waals surface area contributed by atoms with Gasteiger partial charge < -0.3 is 14.6 Å². The molecule has 0 radical (unpaired) electrons. The van der Waals surface area contributed by atoms with Crippen LogP contribution in [-0.4, -0.2) is 24.8 Å². The summed E-state index contributed by atoms with van der Waals surface area (Å²) in [7, 11) is 1.73. The molecule has 0 atom stereocenters. The largest absolute Gasteiger partial charge is 0.383 e. The molecule has 2 aromatic rings. The van der Waals surface area contributed by atoms with E-state index in [1.807, 2.05) is 0 Å². The number of unbranched alkanes of at least 4 members (excludes halogenated alkanes) is 1. The van der Waals surface area contributed by atoms with Crippen molar-refractivity contribution < 1.29 is 4.74 Å². The zero-order valence-corrected chi connectivity index (χ0v) is 12.0. The molecule has 1 heterocycles. The zero-order chi connectivity index (χ0) is 13.5. The van der Waals surface area contributed by atoms with Crippen LogP contribution in [-0.2, 0) is 17.8 Å². The molecule has 0 amide bonds. The van der Waals surface area contributed by atoms with Crippen molar-refractivity contribution in [2.75, 3.05) is 20.3 Å². The van der Waals surface area contributed by atoms with Crippen molar-refractivity contribution in [2.24, 2.45) is 0 Å². The maximum absolute atomic E-state index is 5.03. The summed E-state index contributed by atoms with van der Waals surface area (Å²) in [6.45, 7) is 5.90. The van der Waals surface area contributed by atoms with Gasteiger partial charge in [0, 0.05) is 38.5 Å². The van der Waals surface area contributed by atoms with E-state index in [9.17, 15) is 0 Å². The number of methoxy groups -OCH3 is 1. The Morgan fingerprint density at radius 3 is 2.95 bits per heavy atom. The van der Waals surface area contributed by atoms with E-state index in [-0.39, 0.29) is 0 Å². The summed E-state index contributed by atoms with van der Waals surface area (Å²) in [5.74, 6) is 0. The van der Waals surface area contributed by atoms with Gasteiger partial charge in [-0.15, -0.1) is 0 Å². The fraction of sp³-hybridized carbons (Fsp3) is 0.500. The van der Waals surface area contributed by atoms with E-state index < -0.39 is 0 Å².